The zero-order chi connectivity index (χ0) is 22.7. The van der Waals surface area contributed by atoms with Crippen molar-refractivity contribution in [3.63, 3.8) is 0 Å². The maximum absolute atomic E-state index is 13.5. The van der Waals surface area contributed by atoms with Gasteiger partial charge in [0.15, 0.2) is 11.6 Å². The van der Waals surface area contributed by atoms with Gasteiger partial charge in [-0.25, -0.2) is 4.39 Å². The van der Waals surface area contributed by atoms with Crippen molar-refractivity contribution in [2.75, 3.05) is 5.75 Å². The van der Waals surface area contributed by atoms with Crippen LogP contribution in [0.3, 0.4) is 0 Å². The summed E-state index contributed by atoms with van der Waals surface area (Å²) >= 11 is 1.24. The molecule has 2 aromatic carbocycles. The van der Waals surface area contributed by atoms with Gasteiger partial charge in [-0.3, -0.25) is 9.59 Å². The number of nitrogens with zero attached hydrogens (tertiary/aromatic N) is 1. The molecule has 0 saturated heterocycles. The second-order valence-electron chi connectivity index (χ2n) is 7.57. The van der Waals surface area contributed by atoms with Crippen LogP contribution in [0.2, 0.25) is 0 Å². The van der Waals surface area contributed by atoms with Gasteiger partial charge in [0.25, 0.3) is 0 Å². The smallest absolute Gasteiger partial charge is 0.173 e. The molecule has 0 fully saturated rings. The Morgan fingerprint density at radius 3 is 2.35 bits per heavy atom. The molecule has 0 saturated carbocycles. The summed E-state index contributed by atoms with van der Waals surface area (Å²) in [6.45, 7) is 7.18. The summed E-state index contributed by atoms with van der Waals surface area (Å²) in [4.78, 5) is 25.1. The molecule has 6 heteroatoms. The molecule has 158 valence electrons. The van der Waals surface area contributed by atoms with E-state index in [4.69, 9.17) is 0 Å². The third kappa shape index (κ3) is 4.78. The van der Waals surface area contributed by atoms with E-state index in [1.54, 1.807) is 25.1 Å². The number of nitriles is 1. The van der Waals surface area contributed by atoms with Crippen LogP contribution in [0.15, 0.2) is 64.3 Å². The normalized spacial score (nSPS) is 16.1. The minimum Gasteiger partial charge on any atom is -0.353 e. The maximum Gasteiger partial charge on any atom is 0.173 e. The fraction of sp³-hybridized carbons (Fsp3) is 0.240. The molecule has 0 amide bonds. The van der Waals surface area contributed by atoms with Crippen molar-refractivity contribution in [3.8, 4) is 6.07 Å². The third-order valence-corrected chi connectivity index (χ3v) is 6.42. The lowest BCUT2D eigenvalue weighted by Crippen LogP contribution is -2.27. The Balaban J connectivity index is 1.94. The van der Waals surface area contributed by atoms with E-state index in [2.05, 4.69) is 11.4 Å². The second kappa shape index (κ2) is 9.32. The molecule has 4 nitrogen and oxygen atoms in total. The number of nitrogens with one attached hydrogen (secondary N) is 1. The molecule has 1 atom stereocenters. The van der Waals surface area contributed by atoms with E-state index >= 15 is 0 Å². The van der Waals surface area contributed by atoms with Crippen LogP contribution in [0.5, 0.6) is 0 Å². The van der Waals surface area contributed by atoms with E-state index in [1.807, 2.05) is 26.0 Å². The van der Waals surface area contributed by atoms with E-state index in [1.165, 1.54) is 30.8 Å². The highest BCUT2D eigenvalue weighted by Crippen LogP contribution is 2.40. The van der Waals surface area contributed by atoms with Gasteiger partial charge in [0, 0.05) is 16.8 Å². The van der Waals surface area contributed by atoms with Crippen molar-refractivity contribution in [2.45, 2.75) is 33.6 Å². The Hall–Kier alpha value is -3.17. The number of allylic oxidation sites excluding steroid dienone is 3. The highest BCUT2D eigenvalue weighted by Gasteiger charge is 2.33. The zero-order valence-corrected chi connectivity index (χ0v) is 18.7. The number of Topliss-reactive ketones (excluding diaryl/α,β-unsaturated/α-hetero) is 2. The number of halogens is 1. The fourth-order valence-corrected chi connectivity index (χ4v) is 4.60. The van der Waals surface area contributed by atoms with Crippen molar-refractivity contribution in [1.82, 2.24) is 5.32 Å². The molecule has 0 aliphatic carbocycles. The predicted octanol–water partition coefficient (Wildman–Crippen LogP) is 5.34. The Kier molecular flexibility index (Phi) is 6.77. The van der Waals surface area contributed by atoms with Gasteiger partial charge in [-0.2, -0.15) is 5.26 Å². The van der Waals surface area contributed by atoms with Crippen LogP contribution in [0.1, 0.15) is 46.8 Å². The van der Waals surface area contributed by atoms with Crippen molar-refractivity contribution in [2.24, 2.45) is 0 Å². The minimum atomic E-state index is -0.608. The van der Waals surface area contributed by atoms with Crippen LogP contribution in [-0.4, -0.2) is 17.3 Å². The van der Waals surface area contributed by atoms with Crippen molar-refractivity contribution < 1.29 is 14.0 Å². The van der Waals surface area contributed by atoms with Crippen LogP contribution in [-0.2, 0) is 4.79 Å². The van der Waals surface area contributed by atoms with E-state index < -0.39 is 5.92 Å². The topological polar surface area (TPSA) is 70.0 Å². The Labute approximate surface area is 185 Å². The number of hydrogen-bond acceptors (Lipinski definition) is 5. The van der Waals surface area contributed by atoms with Crippen molar-refractivity contribution in [3.05, 3.63) is 92.4 Å². The molecule has 2 aromatic rings. The van der Waals surface area contributed by atoms with E-state index in [0.717, 1.165) is 11.1 Å². The summed E-state index contributed by atoms with van der Waals surface area (Å²) in [5.41, 5.74) is 4.88. The minimum absolute atomic E-state index is 0.0444. The summed E-state index contributed by atoms with van der Waals surface area (Å²) < 4.78 is 13.5. The standard InChI is InChI=1S/C25H23FN2O2S/c1-14-5-6-19(11-15(14)2)22(30)13-31-25-21(12-27)24(18-7-9-20(26)10-8-18)23(17(4)29)16(3)28-25/h5-11,24,28H,13H2,1-4H3/t24-/m1/s1. The molecule has 0 bridgehead atoms. The summed E-state index contributed by atoms with van der Waals surface area (Å²) in [6, 6.07) is 13.6. The first-order valence-electron chi connectivity index (χ1n) is 9.84. The lowest BCUT2D eigenvalue weighted by Gasteiger charge is -2.29. The molecule has 1 aliphatic rings. The lowest BCUT2D eigenvalue weighted by atomic mass is 9.81. The number of hydrogen-bond donors (Lipinski definition) is 1. The van der Waals surface area contributed by atoms with E-state index in [0.29, 0.717) is 33.0 Å². The second-order valence-corrected chi connectivity index (χ2v) is 8.56. The molecule has 3 rings (SSSR count). The number of carbonyl (C=O) groups is 2. The third-order valence-electron chi connectivity index (χ3n) is 5.41. The number of ketones is 2. The summed E-state index contributed by atoms with van der Waals surface area (Å²) in [5.74, 6) is -1.06. The quantitative estimate of drug-likeness (QED) is 0.621. The zero-order valence-electron chi connectivity index (χ0n) is 17.9. The van der Waals surface area contributed by atoms with Crippen LogP contribution in [0.4, 0.5) is 4.39 Å². The Morgan fingerprint density at radius 2 is 1.77 bits per heavy atom. The molecule has 1 heterocycles. The number of dihydropyridines is 1. The number of carbonyl (C=O) groups excluding carboxylic acids is 2. The van der Waals surface area contributed by atoms with Gasteiger partial charge < -0.3 is 5.32 Å². The fourth-order valence-electron chi connectivity index (χ4n) is 3.62. The molecular formula is C25H23FN2O2S. The van der Waals surface area contributed by atoms with Gasteiger partial charge in [-0.05, 0) is 62.6 Å². The summed E-state index contributed by atoms with van der Waals surface area (Å²) in [7, 11) is 0. The van der Waals surface area contributed by atoms with Gasteiger partial charge in [-0.15, -0.1) is 0 Å². The molecule has 1 N–H and O–H groups in total. The van der Waals surface area contributed by atoms with Gasteiger partial charge in [0.05, 0.1) is 28.3 Å². The average molecular weight is 435 g/mol. The number of aryl methyl sites for hydroxylation is 2. The van der Waals surface area contributed by atoms with Crippen molar-refractivity contribution >= 4 is 23.3 Å². The molecule has 1 aliphatic heterocycles. The molecule has 0 radical (unpaired) electrons. The van der Waals surface area contributed by atoms with Gasteiger partial charge in [0.2, 0.25) is 0 Å². The molecule has 0 aromatic heterocycles. The molecule has 31 heavy (non-hydrogen) atoms. The molecular weight excluding hydrogens is 411 g/mol. The van der Waals surface area contributed by atoms with Gasteiger partial charge >= 0.3 is 0 Å². The monoisotopic (exact) mass is 434 g/mol. The lowest BCUT2D eigenvalue weighted by molar-refractivity contribution is -0.113. The highest BCUT2D eigenvalue weighted by atomic mass is 32.2. The maximum atomic E-state index is 13.5. The predicted molar refractivity (Wildman–Crippen MR) is 121 cm³/mol. The largest absolute Gasteiger partial charge is 0.353 e. The van der Waals surface area contributed by atoms with Crippen LogP contribution in [0.25, 0.3) is 0 Å². The SMILES string of the molecule is CC(=O)C1=C(C)NC(SCC(=O)c2ccc(C)c(C)c2)=C(C#N)[C@H]1c1ccc(F)cc1. The highest BCUT2D eigenvalue weighted by molar-refractivity contribution is 8.03. The Morgan fingerprint density at radius 1 is 1.10 bits per heavy atom. The van der Waals surface area contributed by atoms with Crippen LogP contribution >= 0.6 is 11.8 Å². The van der Waals surface area contributed by atoms with Crippen LogP contribution < -0.4 is 5.32 Å². The number of thioether (sulfide) groups is 1. The first-order chi connectivity index (χ1) is 14.7. The van der Waals surface area contributed by atoms with Gasteiger partial charge in [0.1, 0.15) is 5.82 Å². The van der Waals surface area contributed by atoms with Gasteiger partial charge in [-0.1, -0.05) is 36.0 Å². The van der Waals surface area contributed by atoms with E-state index in [-0.39, 0.29) is 23.1 Å². The van der Waals surface area contributed by atoms with Crippen LogP contribution in [0, 0.1) is 31.0 Å². The summed E-state index contributed by atoms with van der Waals surface area (Å²) in [5, 5.41) is 13.6. The first-order valence-corrected chi connectivity index (χ1v) is 10.8. The Bertz CT molecular complexity index is 1160. The molecule has 0 unspecified atom stereocenters. The number of rotatable bonds is 6. The van der Waals surface area contributed by atoms with Crippen molar-refractivity contribution in [1.29, 1.82) is 5.26 Å². The first kappa shape index (κ1) is 22.5. The van der Waals surface area contributed by atoms with E-state index in [9.17, 15) is 19.2 Å². The average Bonchev–Trinajstić information content (AvgIpc) is 2.73. The number of benzene rings is 2. The molecule has 0 spiro atoms. The summed E-state index contributed by atoms with van der Waals surface area (Å²) in [6.07, 6.45) is 0.